The molecule has 1 aliphatic carbocycles. The van der Waals surface area contributed by atoms with Gasteiger partial charge in [0.1, 0.15) is 0 Å². The third kappa shape index (κ3) is 1.15. The normalized spacial score (nSPS) is 19.4. The Labute approximate surface area is 56.2 Å². The second-order valence-corrected chi connectivity index (χ2v) is 2.59. The van der Waals surface area contributed by atoms with Gasteiger partial charge in [0.2, 0.25) is 0 Å². The Morgan fingerprint density at radius 2 is 2.22 bits per heavy atom. The van der Waals surface area contributed by atoms with Crippen LogP contribution in [0.25, 0.3) is 0 Å². The second kappa shape index (κ2) is 2.26. The topological polar surface area (TPSA) is 26.0 Å². The molecule has 0 fully saturated rings. The summed E-state index contributed by atoms with van der Waals surface area (Å²) in [5.74, 6) is 0. The maximum absolute atomic E-state index is 5.70. The molecule has 0 heterocycles. The highest BCUT2D eigenvalue weighted by molar-refractivity contribution is 5.29. The van der Waals surface area contributed by atoms with E-state index in [0.29, 0.717) is 0 Å². The third-order valence-electron chi connectivity index (χ3n) is 1.78. The van der Waals surface area contributed by atoms with Crippen molar-refractivity contribution < 1.29 is 0 Å². The van der Waals surface area contributed by atoms with Gasteiger partial charge in [-0.15, -0.1) is 0 Å². The first-order valence-electron chi connectivity index (χ1n) is 3.37. The summed E-state index contributed by atoms with van der Waals surface area (Å²) >= 11 is 0. The summed E-state index contributed by atoms with van der Waals surface area (Å²) < 4.78 is 0. The van der Waals surface area contributed by atoms with Crippen LogP contribution in [0.3, 0.4) is 0 Å². The van der Waals surface area contributed by atoms with E-state index in [1.165, 1.54) is 11.1 Å². The summed E-state index contributed by atoms with van der Waals surface area (Å²) in [4.78, 5) is 0. The number of hydrogen-bond donors (Lipinski definition) is 1. The molecule has 0 saturated carbocycles. The van der Waals surface area contributed by atoms with Crippen LogP contribution < -0.4 is 5.73 Å². The molecule has 1 heteroatoms. The highest BCUT2D eigenvalue weighted by Gasteiger charge is 2.11. The largest absolute Gasteiger partial charge is 0.402 e. The van der Waals surface area contributed by atoms with Gasteiger partial charge in [0.15, 0.2) is 0 Å². The average molecular weight is 123 g/mol. The Kier molecular flexibility index (Phi) is 1.60. The average Bonchev–Trinajstić information content (AvgIpc) is 2.10. The molecular formula is C8H13N. The monoisotopic (exact) mass is 123 g/mol. The third-order valence-corrected chi connectivity index (χ3v) is 1.78. The number of nitrogens with two attached hydrogens (primary N) is 1. The van der Waals surface area contributed by atoms with E-state index in [1.807, 2.05) is 0 Å². The summed E-state index contributed by atoms with van der Waals surface area (Å²) in [7, 11) is 0. The Hall–Kier alpha value is -0.720. The molecule has 0 atom stereocenters. The van der Waals surface area contributed by atoms with Crippen molar-refractivity contribution >= 4 is 0 Å². The molecule has 9 heavy (non-hydrogen) atoms. The fourth-order valence-corrected chi connectivity index (χ4v) is 1.22. The number of rotatable bonds is 1. The van der Waals surface area contributed by atoms with Crippen LogP contribution >= 0.6 is 0 Å². The number of allylic oxidation sites excluding steroid dienone is 2. The van der Waals surface area contributed by atoms with E-state index in [-0.39, 0.29) is 0 Å². The lowest BCUT2D eigenvalue weighted by molar-refractivity contribution is 1.02. The Bertz CT molecular complexity index is 165. The van der Waals surface area contributed by atoms with Crippen LogP contribution in [0.5, 0.6) is 0 Å². The Morgan fingerprint density at radius 1 is 1.56 bits per heavy atom. The van der Waals surface area contributed by atoms with Crippen molar-refractivity contribution in [2.75, 3.05) is 0 Å². The van der Waals surface area contributed by atoms with Crippen LogP contribution in [0, 0.1) is 0 Å². The fourth-order valence-electron chi connectivity index (χ4n) is 1.22. The molecule has 50 valence electrons. The van der Waals surface area contributed by atoms with Crippen LogP contribution in [0.15, 0.2) is 23.4 Å². The summed E-state index contributed by atoms with van der Waals surface area (Å²) in [5, 5.41) is 0. The van der Waals surface area contributed by atoms with Crippen molar-refractivity contribution in [2.24, 2.45) is 5.73 Å². The smallest absolute Gasteiger partial charge is 0.0117 e. The first-order chi connectivity index (χ1) is 4.24. The molecule has 0 aromatic carbocycles. The Balaban J connectivity index is 2.69. The lowest BCUT2D eigenvalue weighted by atomic mass is 10.1. The quantitative estimate of drug-likeness (QED) is 0.530. The lowest BCUT2D eigenvalue weighted by Crippen LogP contribution is -1.94. The van der Waals surface area contributed by atoms with Gasteiger partial charge in [0.25, 0.3) is 0 Å². The SMILES string of the molecule is C=C1CC(N)=C(CC)C1. The van der Waals surface area contributed by atoms with Gasteiger partial charge in [-0.1, -0.05) is 19.1 Å². The standard InChI is InChI=1S/C8H13N/c1-3-7-4-6(2)5-8(7)9/h2-5,9H2,1H3. The van der Waals surface area contributed by atoms with Gasteiger partial charge in [-0.25, -0.2) is 0 Å². The van der Waals surface area contributed by atoms with Crippen molar-refractivity contribution in [3.8, 4) is 0 Å². The molecule has 0 aliphatic heterocycles. The van der Waals surface area contributed by atoms with Crippen molar-refractivity contribution in [3.05, 3.63) is 23.4 Å². The van der Waals surface area contributed by atoms with Crippen LogP contribution in [0.1, 0.15) is 26.2 Å². The molecule has 0 aromatic rings. The summed E-state index contributed by atoms with van der Waals surface area (Å²) in [6.07, 6.45) is 3.07. The summed E-state index contributed by atoms with van der Waals surface area (Å²) in [5.41, 5.74) is 9.41. The molecule has 1 aliphatic rings. The molecule has 1 nitrogen and oxygen atoms in total. The molecule has 0 amide bonds. The van der Waals surface area contributed by atoms with Crippen LogP contribution in [0.2, 0.25) is 0 Å². The van der Waals surface area contributed by atoms with Crippen LogP contribution in [0.4, 0.5) is 0 Å². The predicted octanol–water partition coefficient (Wildman–Crippen LogP) is 1.96. The minimum atomic E-state index is 0.934. The first kappa shape index (κ1) is 6.40. The van der Waals surface area contributed by atoms with E-state index in [4.69, 9.17) is 5.73 Å². The lowest BCUT2D eigenvalue weighted by Gasteiger charge is -1.94. The zero-order valence-corrected chi connectivity index (χ0v) is 5.91. The van der Waals surface area contributed by atoms with Gasteiger partial charge in [-0.2, -0.15) is 0 Å². The molecule has 1 rings (SSSR count). The van der Waals surface area contributed by atoms with E-state index in [1.54, 1.807) is 0 Å². The van der Waals surface area contributed by atoms with Gasteiger partial charge in [-0.3, -0.25) is 0 Å². The van der Waals surface area contributed by atoms with Gasteiger partial charge in [0, 0.05) is 12.1 Å². The maximum Gasteiger partial charge on any atom is 0.0117 e. The molecule has 0 aromatic heterocycles. The zero-order valence-electron chi connectivity index (χ0n) is 5.91. The van der Waals surface area contributed by atoms with Crippen LogP contribution in [-0.4, -0.2) is 0 Å². The second-order valence-electron chi connectivity index (χ2n) is 2.59. The predicted molar refractivity (Wildman–Crippen MR) is 39.9 cm³/mol. The van der Waals surface area contributed by atoms with Crippen molar-refractivity contribution in [1.29, 1.82) is 0 Å². The fraction of sp³-hybridized carbons (Fsp3) is 0.500. The minimum absolute atomic E-state index is 0.934. The summed E-state index contributed by atoms with van der Waals surface area (Å²) in [6.45, 7) is 6.02. The molecule has 2 N–H and O–H groups in total. The van der Waals surface area contributed by atoms with E-state index in [9.17, 15) is 0 Å². The van der Waals surface area contributed by atoms with E-state index in [2.05, 4.69) is 13.5 Å². The Morgan fingerprint density at radius 3 is 2.44 bits per heavy atom. The van der Waals surface area contributed by atoms with Gasteiger partial charge in [-0.05, 0) is 18.4 Å². The zero-order chi connectivity index (χ0) is 6.85. The van der Waals surface area contributed by atoms with Crippen LogP contribution in [-0.2, 0) is 0 Å². The van der Waals surface area contributed by atoms with Crippen molar-refractivity contribution in [2.45, 2.75) is 26.2 Å². The van der Waals surface area contributed by atoms with Crippen molar-refractivity contribution in [3.63, 3.8) is 0 Å². The van der Waals surface area contributed by atoms with E-state index < -0.39 is 0 Å². The van der Waals surface area contributed by atoms with Crippen molar-refractivity contribution in [1.82, 2.24) is 0 Å². The van der Waals surface area contributed by atoms with Gasteiger partial charge in [0.05, 0.1) is 0 Å². The molecule has 0 bridgehead atoms. The van der Waals surface area contributed by atoms with Gasteiger partial charge >= 0.3 is 0 Å². The highest BCUT2D eigenvalue weighted by atomic mass is 14.6. The number of hydrogen-bond acceptors (Lipinski definition) is 1. The van der Waals surface area contributed by atoms with Gasteiger partial charge < -0.3 is 5.73 Å². The highest BCUT2D eigenvalue weighted by Crippen LogP contribution is 2.27. The van der Waals surface area contributed by atoms with E-state index in [0.717, 1.165) is 25.0 Å². The van der Waals surface area contributed by atoms with E-state index >= 15 is 0 Å². The minimum Gasteiger partial charge on any atom is -0.402 e. The molecule has 0 spiro atoms. The molecular weight excluding hydrogens is 110 g/mol. The molecule has 0 unspecified atom stereocenters. The molecule has 0 saturated heterocycles. The molecule has 0 radical (unpaired) electrons. The maximum atomic E-state index is 5.70. The summed E-state index contributed by atoms with van der Waals surface area (Å²) in [6, 6.07) is 0. The first-order valence-corrected chi connectivity index (χ1v) is 3.37.